The van der Waals surface area contributed by atoms with Gasteiger partial charge in [-0.3, -0.25) is 14.9 Å². The molecule has 8 heteroatoms. The second-order valence-electron chi connectivity index (χ2n) is 4.51. The number of hydrogen-bond acceptors (Lipinski definition) is 6. The molecule has 0 saturated carbocycles. The van der Waals surface area contributed by atoms with E-state index >= 15 is 0 Å². The number of nitrogens with zero attached hydrogens (tertiary/aromatic N) is 2. The number of anilines is 3. The van der Waals surface area contributed by atoms with Gasteiger partial charge in [-0.2, -0.15) is 4.98 Å². The summed E-state index contributed by atoms with van der Waals surface area (Å²) in [5, 5.41) is 5.26. The Kier molecular flexibility index (Phi) is 2.99. The van der Waals surface area contributed by atoms with E-state index in [4.69, 9.17) is 17.3 Å². The molecule has 0 saturated heterocycles. The number of aryl methyl sites for hydroxylation is 1. The van der Waals surface area contributed by atoms with Crippen molar-refractivity contribution in [1.82, 2.24) is 15.3 Å². The lowest BCUT2D eigenvalue weighted by molar-refractivity contribution is 0.0879. The van der Waals surface area contributed by atoms with E-state index in [2.05, 4.69) is 20.6 Å². The summed E-state index contributed by atoms with van der Waals surface area (Å²) in [6.07, 6.45) is 0. The number of carbonyl (C=O) groups is 2. The van der Waals surface area contributed by atoms with Crippen molar-refractivity contribution in [2.24, 2.45) is 0 Å². The molecule has 4 N–H and O–H groups in total. The van der Waals surface area contributed by atoms with Crippen LogP contribution in [-0.4, -0.2) is 21.8 Å². The van der Waals surface area contributed by atoms with Gasteiger partial charge in [0.05, 0.1) is 22.5 Å². The Morgan fingerprint density at radius 1 is 1.19 bits per heavy atom. The first-order valence-corrected chi connectivity index (χ1v) is 6.40. The number of fused-ring (bicyclic) bond motifs is 1. The zero-order valence-corrected chi connectivity index (χ0v) is 11.7. The van der Waals surface area contributed by atoms with Gasteiger partial charge in [-0.05, 0) is 36.7 Å². The van der Waals surface area contributed by atoms with Gasteiger partial charge in [0.1, 0.15) is 0 Å². The largest absolute Gasteiger partial charge is 0.394 e. The molecule has 0 bridgehead atoms. The van der Waals surface area contributed by atoms with Crippen LogP contribution in [0.25, 0.3) is 0 Å². The van der Waals surface area contributed by atoms with E-state index in [1.54, 1.807) is 25.1 Å². The van der Waals surface area contributed by atoms with Crippen molar-refractivity contribution in [1.29, 1.82) is 0 Å². The smallest absolute Gasteiger partial charge is 0.259 e. The van der Waals surface area contributed by atoms with Gasteiger partial charge in [0.25, 0.3) is 11.8 Å². The number of benzene rings is 1. The minimum atomic E-state index is -0.427. The molecule has 0 unspecified atom stereocenters. The minimum Gasteiger partial charge on any atom is -0.394 e. The molecule has 1 aliphatic rings. The lowest BCUT2D eigenvalue weighted by atomic mass is 10.1. The van der Waals surface area contributed by atoms with Gasteiger partial charge >= 0.3 is 0 Å². The molecule has 0 radical (unpaired) electrons. The summed E-state index contributed by atoms with van der Waals surface area (Å²) in [7, 11) is 0. The van der Waals surface area contributed by atoms with Crippen molar-refractivity contribution in [3.05, 3.63) is 40.3 Å². The third-order valence-electron chi connectivity index (χ3n) is 3.11. The Labute approximate surface area is 124 Å². The first kappa shape index (κ1) is 13.3. The van der Waals surface area contributed by atoms with E-state index < -0.39 is 11.8 Å². The number of aromatic nitrogens is 2. The summed E-state index contributed by atoms with van der Waals surface area (Å²) in [6, 6.07) is 4.77. The molecule has 1 aromatic carbocycles. The van der Waals surface area contributed by atoms with Crippen molar-refractivity contribution in [2.45, 2.75) is 6.92 Å². The Morgan fingerprint density at radius 3 is 2.67 bits per heavy atom. The molecular formula is C13H10ClN5O2. The van der Waals surface area contributed by atoms with Crippen LogP contribution in [0.4, 0.5) is 17.2 Å². The highest BCUT2D eigenvalue weighted by molar-refractivity contribution is 6.28. The van der Waals surface area contributed by atoms with Gasteiger partial charge in [-0.1, -0.05) is 0 Å². The van der Waals surface area contributed by atoms with Gasteiger partial charge in [-0.15, -0.1) is 0 Å². The summed E-state index contributed by atoms with van der Waals surface area (Å²) >= 11 is 5.80. The van der Waals surface area contributed by atoms with E-state index in [1.807, 2.05) is 0 Å². The average molecular weight is 304 g/mol. The number of carbonyl (C=O) groups excluding carboxylic acids is 2. The lowest BCUT2D eigenvalue weighted by Crippen LogP contribution is -2.19. The third-order valence-corrected chi connectivity index (χ3v) is 3.28. The number of halogens is 1. The number of imide groups is 1. The second kappa shape index (κ2) is 4.71. The van der Waals surface area contributed by atoms with Crippen LogP contribution in [0.3, 0.4) is 0 Å². The van der Waals surface area contributed by atoms with Crippen LogP contribution in [0.1, 0.15) is 26.4 Å². The Hall–Kier alpha value is -2.67. The predicted octanol–water partition coefficient (Wildman–Crippen LogP) is 1.65. The number of amides is 2. The van der Waals surface area contributed by atoms with Crippen molar-refractivity contribution in [2.75, 3.05) is 11.1 Å². The zero-order chi connectivity index (χ0) is 15.1. The molecule has 0 fully saturated rings. The molecule has 2 aromatic rings. The van der Waals surface area contributed by atoms with Gasteiger partial charge in [0, 0.05) is 5.69 Å². The molecule has 21 heavy (non-hydrogen) atoms. The van der Waals surface area contributed by atoms with Crippen LogP contribution in [0.15, 0.2) is 18.2 Å². The zero-order valence-electron chi connectivity index (χ0n) is 10.9. The summed E-state index contributed by atoms with van der Waals surface area (Å²) < 4.78 is 0. The van der Waals surface area contributed by atoms with E-state index in [-0.39, 0.29) is 5.28 Å². The molecule has 0 atom stereocenters. The Balaban J connectivity index is 1.99. The van der Waals surface area contributed by atoms with Crippen LogP contribution >= 0.6 is 11.6 Å². The lowest BCUT2D eigenvalue weighted by Gasteiger charge is -2.10. The number of nitrogens with two attached hydrogens (primary N) is 1. The molecule has 7 nitrogen and oxygen atoms in total. The van der Waals surface area contributed by atoms with Gasteiger partial charge in [0.15, 0.2) is 5.82 Å². The standard InChI is InChI=1S/C13H10ClN5O2/c1-5-9(15)10(18-13(14)16-5)17-6-2-3-7-8(4-6)12(21)19-11(7)20/h2-4H,15H2,1H3,(H,16,17,18)(H,19,20,21). The normalized spacial score (nSPS) is 13.0. The fraction of sp³-hybridized carbons (Fsp3) is 0.0769. The topological polar surface area (TPSA) is 110 Å². The van der Waals surface area contributed by atoms with Crippen LogP contribution in [0, 0.1) is 6.92 Å². The maximum Gasteiger partial charge on any atom is 0.259 e. The monoisotopic (exact) mass is 303 g/mol. The van der Waals surface area contributed by atoms with Crippen molar-refractivity contribution < 1.29 is 9.59 Å². The van der Waals surface area contributed by atoms with Crippen LogP contribution in [0.5, 0.6) is 0 Å². The van der Waals surface area contributed by atoms with Gasteiger partial charge in [0.2, 0.25) is 5.28 Å². The number of nitrogens with one attached hydrogen (secondary N) is 2. The highest BCUT2D eigenvalue weighted by Gasteiger charge is 2.26. The highest BCUT2D eigenvalue weighted by atomic mass is 35.5. The summed E-state index contributed by atoms with van der Waals surface area (Å²) in [5.41, 5.74) is 8.01. The predicted molar refractivity (Wildman–Crippen MR) is 77.7 cm³/mol. The average Bonchev–Trinajstić information content (AvgIpc) is 2.70. The first-order valence-electron chi connectivity index (χ1n) is 6.02. The number of rotatable bonds is 2. The molecule has 106 valence electrons. The molecule has 0 aliphatic carbocycles. The second-order valence-corrected chi connectivity index (χ2v) is 4.85. The maximum absolute atomic E-state index is 11.6. The van der Waals surface area contributed by atoms with Gasteiger partial charge in [-0.25, -0.2) is 4.98 Å². The molecule has 1 aliphatic heterocycles. The molecule has 0 spiro atoms. The molecular weight excluding hydrogens is 294 g/mol. The quantitative estimate of drug-likeness (QED) is 0.575. The fourth-order valence-electron chi connectivity index (χ4n) is 2.03. The molecule has 3 rings (SSSR count). The first-order chi connectivity index (χ1) is 9.95. The molecule has 1 aromatic heterocycles. The van der Waals surface area contributed by atoms with Crippen molar-refractivity contribution in [3.8, 4) is 0 Å². The SMILES string of the molecule is Cc1nc(Cl)nc(Nc2ccc3c(c2)C(=O)NC3=O)c1N. The van der Waals surface area contributed by atoms with E-state index in [1.165, 1.54) is 0 Å². The van der Waals surface area contributed by atoms with Crippen molar-refractivity contribution in [3.63, 3.8) is 0 Å². The number of hydrogen-bond donors (Lipinski definition) is 3. The van der Waals surface area contributed by atoms with Crippen LogP contribution < -0.4 is 16.4 Å². The molecule has 2 amide bonds. The third kappa shape index (κ3) is 2.27. The highest BCUT2D eigenvalue weighted by Crippen LogP contribution is 2.27. The fourth-order valence-corrected chi connectivity index (χ4v) is 2.24. The minimum absolute atomic E-state index is 0.0679. The Bertz CT molecular complexity index is 790. The van der Waals surface area contributed by atoms with Crippen molar-refractivity contribution >= 4 is 40.6 Å². The summed E-state index contributed by atoms with van der Waals surface area (Å²) in [6.45, 7) is 1.71. The van der Waals surface area contributed by atoms with E-state index in [9.17, 15) is 9.59 Å². The van der Waals surface area contributed by atoms with Crippen LogP contribution in [0.2, 0.25) is 5.28 Å². The maximum atomic E-state index is 11.6. The van der Waals surface area contributed by atoms with E-state index in [0.29, 0.717) is 34.0 Å². The number of nitrogen functional groups attached to an aromatic ring is 1. The molecule has 2 heterocycles. The summed E-state index contributed by atoms with van der Waals surface area (Å²) in [4.78, 5) is 31.0. The Morgan fingerprint density at radius 2 is 1.90 bits per heavy atom. The summed E-state index contributed by atoms with van der Waals surface area (Å²) in [5.74, 6) is -0.484. The van der Waals surface area contributed by atoms with Crippen LogP contribution in [-0.2, 0) is 0 Å². The van der Waals surface area contributed by atoms with Gasteiger partial charge < -0.3 is 11.1 Å². The van der Waals surface area contributed by atoms with E-state index in [0.717, 1.165) is 0 Å².